The van der Waals surface area contributed by atoms with E-state index in [1.165, 1.54) is 0 Å². The highest BCUT2D eigenvalue weighted by Crippen LogP contribution is 2.34. The third-order valence-corrected chi connectivity index (χ3v) is 5.97. The molecule has 0 saturated carbocycles. The van der Waals surface area contributed by atoms with Gasteiger partial charge < -0.3 is 25.3 Å². The highest BCUT2D eigenvalue weighted by atomic mass is 16.6. The highest BCUT2D eigenvalue weighted by Gasteiger charge is 2.47. The lowest BCUT2D eigenvalue weighted by Crippen LogP contribution is -2.53. The van der Waals surface area contributed by atoms with Gasteiger partial charge in [-0.05, 0) is 5.92 Å². The maximum absolute atomic E-state index is 12.6. The summed E-state index contributed by atoms with van der Waals surface area (Å²) >= 11 is 0. The highest BCUT2D eigenvalue weighted by molar-refractivity contribution is 5.82. The number of likely N-dealkylation sites (tertiary alicyclic amines) is 1. The van der Waals surface area contributed by atoms with E-state index < -0.39 is 11.6 Å². The molecule has 0 unspecified atom stereocenters. The number of ether oxygens (including phenoxy) is 1. The normalized spacial score (nSPS) is 20.4. The number of nitrogens with two attached hydrogens (primary N) is 1. The van der Waals surface area contributed by atoms with Crippen LogP contribution in [0.5, 0.6) is 0 Å². The molecule has 0 radical (unpaired) electrons. The van der Waals surface area contributed by atoms with Crippen molar-refractivity contribution in [2.24, 2.45) is 11.7 Å². The van der Waals surface area contributed by atoms with Gasteiger partial charge in [0.2, 0.25) is 5.91 Å². The first-order valence-corrected chi connectivity index (χ1v) is 9.96. The lowest BCUT2D eigenvalue weighted by atomic mass is 9.90. The van der Waals surface area contributed by atoms with Crippen molar-refractivity contribution in [2.45, 2.75) is 57.6 Å². The molecule has 0 aromatic carbocycles. The number of aromatic amines is 1. The second kappa shape index (κ2) is 8.29. The van der Waals surface area contributed by atoms with Gasteiger partial charge >= 0.3 is 6.09 Å². The molecule has 1 aromatic heterocycles. The van der Waals surface area contributed by atoms with E-state index in [9.17, 15) is 9.59 Å². The summed E-state index contributed by atoms with van der Waals surface area (Å²) in [4.78, 5) is 35.5. The summed E-state index contributed by atoms with van der Waals surface area (Å²) in [6.45, 7) is 6.84. The Morgan fingerprint density at radius 1 is 1.37 bits per heavy atom. The fraction of sp³-hybridized carbons (Fsp3) is 0.737. The van der Waals surface area contributed by atoms with Crippen molar-refractivity contribution in [3.63, 3.8) is 0 Å². The fourth-order valence-corrected chi connectivity index (χ4v) is 4.04. The monoisotopic (exact) mass is 377 g/mol. The molecule has 27 heavy (non-hydrogen) atoms. The average molecular weight is 377 g/mol. The van der Waals surface area contributed by atoms with Gasteiger partial charge in [-0.2, -0.15) is 0 Å². The first-order chi connectivity index (χ1) is 13.0. The number of nitrogens with zero attached hydrogens (tertiary/aromatic N) is 3. The van der Waals surface area contributed by atoms with Crippen LogP contribution in [0.25, 0.3) is 0 Å². The number of hydrogen-bond donors (Lipinski definition) is 2. The number of nitrogens with one attached hydrogen (secondary N) is 1. The summed E-state index contributed by atoms with van der Waals surface area (Å²) in [5.74, 6) is 0.451. The Morgan fingerprint density at radius 2 is 2.07 bits per heavy atom. The molecule has 8 nitrogen and oxygen atoms in total. The summed E-state index contributed by atoms with van der Waals surface area (Å²) in [5, 5.41) is 0. The van der Waals surface area contributed by atoms with Crippen molar-refractivity contribution in [3.05, 3.63) is 18.2 Å². The summed E-state index contributed by atoms with van der Waals surface area (Å²) in [6.07, 6.45) is 6.95. The lowest BCUT2D eigenvalue weighted by molar-refractivity contribution is -0.136. The Hall–Kier alpha value is -2.09. The summed E-state index contributed by atoms with van der Waals surface area (Å²) in [5.41, 5.74) is 6.48. The summed E-state index contributed by atoms with van der Waals surface area (Å²) in [7, 11) is 0. The van der Waals surface area contributed by atoms with Crippen molar-refractivity contribution >= 4 is 12.0 Å². The molecule has 2 aliphatic heterocycles. The van der Waals surface area contributed by atoms with Crippen molar-refractivity contribution in [2.75, 3.05) is 26.2 Å². The molecule has 8 heteroatoms. The SMILES string of the molecule is CCC(CC)CN1CC2(CCN(C(=O)[C@@H](N)Cc3cnc[nH]3)CC2)OC1=O. The minimum Gasteiger partial charge on any atom is -0.441 e. The molecule has 2 saturated heterocycles. The predicted octanol–water partition coefficient (Wildman–Crippen LogP) is 1.53. The van der Waals surface area contributed by atoms with Gasteiger partial charge in [0, 0.05) is 50.8 Å². The van der Waals surface area contributed by atoms with Crippen LogP contribution in [0, 0.1) is 5.92 Å². The molecule has 2 aliphatic rings. The van der Waals surface area contributed by atoms with Gasteiger partial charge in [-0.15, -0.1) is 0 Å². The molecule has 150 valence electrons. The van der Waals surface area contributed by atoms with Crippen LogP contribution in [0.3, 0.4) is 0 Å². The van der Waals surface area contributed by atoms with E-state index in [0.29, 0.717) is 44.8 Å². The first-order valence-electron chi connectivity index (χ1n) is 9.96. The minimum absolute atomic E-state index is 0.0577. The largest absolute Gasteiger partial charge is 0.441 e. The van der Waals surface area contributed by atoms with E-state index in [0.717, 1.165) is 25.1 Å². The standard InChI is InChI=1S/C19H31N5O3/c1-3-14(4-2)11-24-12-19(27-18(24)26)5-7-23(8-6-19)17(25)16(20)9-15-10-21-13-22-15/h10,13-14,16H,3-9,11-12,20H2,1-2H3,(H,21,22)/t16-/m0/s1. The zero-order chi connectivity index (χ0) is 19.4. The Kier molecular flexibility index (Phi) is 6.04. The number of imidazole rings is 1. The van der Waals surface area contributed by atoms with E-state index in [2.05, 4.69) is 23.8 Å². The van der Waals surface area contributed by atoms with Crippen LogP contribution in [0.2, 0.25) is 0 Å². The van der Waals surface area contributed by atoms with Gasteiger partial charge in [0.1, 0.15) is 5.60 Å². The quantitative estimate of drug-likeness (QED) is 0.750. The van der Waals surface area contributed by atoms with E-state index >= 15 is 0 Å². The van der Waals surface area contributed by atoms with Crippen LogP contribution < -0.4 is 5.73 Å². The number of piperidine rings is 1. The smallest absolute Gasteiger partial charge is 0.410 e. The van der Waals surface area contributed by atoms with Crippen LogP contribution in [0.1, 0.15) is 45.2 Å². The van der Waals surface area contributed by atoms with Crippen LogP contribution in [0.4, 0.5) is 4.79 Å². The van der Waals surface area contributed by atoms with Gasteiger partial charge in [-0.1, -0.05) is 26.7 Å². The third kappa shape index (κ3) is 4.43. The van der Waals surface area contributed by atoms with Gasteiger partial charge in [0.25, 0.3) is 0 Å². The Morgan fingerprint density at radius 3 is 2.67 bits per heavy atom. The molecule has 1 atom stereocenters. The predicted molar refractivity (Wildman–Crippen MR) is 101 cm³/mol. The number of carbonyl (C=O) groups excluding carboxylic acids is 2. The molecule has 0 bridgehead atoms. The summed E-state index contributed by atoms with van der Waals surface area (Å²) in [6, 6.07) is -0.586. The molecule has 2 fully saturated rings. The first kappa shape index (κ1) is 19.7. The molecule has 1 spiro atoms. The van der Waals surface area contributed by atoms with E-state index in [4.69, 9.17) is 10.5 Å². The van der Waals surface area contributed by atoms with Gasteiger partial charge in [0.15, 0.2) is 0 Å². The van der Waals surface area contributed by atoms with Crippen molar-refractivity contribution in [3.8, 4) is 0 Å². The molecule has 1 aromatic rings. The number of amides is 2. The molecule has 2 amide bonds. The van der Waals surface area contributed by atoms with Crippen LogP contribution in [-0.2, 0) is 16.0 Å². The Labute approximate surface area is 160 Å². The zero-order valence-electron chi connectivity index (χ0n) is 16.3. The number of carbonyl (C=O) groups is 2. The Balaban J connectivity index is 1.52. The lowest BCUT2D eigenvalue weighted by Gasteiger charge is -2.38. The second-order valence-electron chi connectivity index (χ2n) is 7.83. The molecule has 3 N–H and O–H groups in total. The topological polar surface area (TPSA) is 105 Å². The van der Waals surface area contributed by atoms with E-state index in [1.807, 2.05) is 4.90 Å². The average Bonchev–Trinajstić information content (AvgIpc) is 3.28. The number of H-pyrrole nitrogens is 1. The Bertz CT molecular complexity index is 636. The second-order valence-corrected chi connectivity index (χ2v) is 7.83. The molecular formula is C19H31N5O3. The molecule has 3 heterocycles. The molecule has 0 aliphatic carbocycles. The minimum atomic E-state index is -0.586. The zero-order valence-corrected chi connectivity index (χ0v) is 16.3. The van der Waals surface area contributed by atoms with Gasteiger partial charge in [-0.3, -0.25) is 4.79 Å². The maximum atomic E-state index is 12.6. The van der Waals surface area contributed by atoms with Crippen molar-refractivity contribution < 1.29 is 14.3 Å². The summed E-state index contributed by atoms with van der Waals surface area (Å²) < 4.78 is 5.77. The van der Waals surface area contributed by atoms with Crippen LogP contribution >= 0.6 is 0 Å². The number of hydrogen-bond acceptors (Lipinski definition) is 5. The van der Waals surface area contributed by atoms with E-state index in [-0.39, 0.29) is 12.0 Å². The number of aromatic nitrogens is 2. The van der Waals surface area contributed by atoms with Crippen LogP contribution in [-0.4, -0.2) is 69.6 Å². The molecular weight excluding hydrogens is 346 g/mol. The van der Waals surface area contributed by atoms with Gasteiger partial charge in [0.05, 0.1) is 18.9 Å². The van der Waals surface area contributed by atoms with Gasteiger partial charge in [-0.25, -0.2) is 9.78 Å². The van der Waals surface area contributed by atoms with E-state index in [1.54, 1.807) is 17.4 Å². The molecule has 3 rings (SSSR count). The third-order valence-electron chi connectivity index (χ3n) is 5.97. The van der Waals surface area contributed by atoms with Crippen molar-refractivity contribution in [1.29, 1.82) is 0 Å². The maximum Gasteiger partial charge on any atom is 0.410 e. The van der Waals surface area contributed by atoms with Crippen LogP contribution in [0.15, 0.2) is 12.5 Å². The number of rotatable bonds is 7. The van der Waals surface area contributed by atoms with Crippen molar-refractivity contribution in [1.82, 2.24) is 19.8 Å². The fourth-order valence-electron chi connectivity index (χ4n) is 4.04.